The highest BCUT2D eigenvalue weighted by molar-refractivity contribution is 5.77. The second-order valence-electron chi connectivity index (χ2n) is 3.03. The molecule has 74 valence electrons. The molecule has 1 N–H and O–H groups in total. The smallest absolute Gasteiger partial charge is 0.234 e. The predicted molar refractivity (Wildman–Crippen MR) is 51.0 cm³/mol. The lowest BCUT2D eigenvalue weighted by atomic mass is 10.3. The zero-order valence-corrected chi connectivity index (χ0v) is 8.34. The summed E-state index contributed by atoms with van der Waals surface area (Å²) in [4.78, 5) is 12.8. The molecule has 0 bridgehead atoms. The van der Waals surface area contributed by atoms with Crippen LogP contribution in [0.5, 0.6) is 0 Å². The Morgan fingerprint density at radius 1 is 1.62 bits per heavy atom. The minimum atomic E-state index is -0.00815. The van der Waals surface area contributed by atoms with Gasteiger partial charge in [0.15, 0.2) is 0 Å². The topological polar surface area (TPSA) is 56.1 Å². The van der Waals surface area contributed by atoms with E-state index in [0.717, 1.165) is 19.4 Å². The molecule has 0 saturated heterocycles. The van der Waals surface area contributed by atoms with Crippen molar-refractivity contribution in [1.82, 2.24) is 10.2 Å². The fourth-order valence-corrected chi connectivity index (χ4v) is 0.882. The van der Waals surface area contributed by atoms with E-state index in [4.69, 9.17) is 5.26 Å². The number of hydrogen-bond acceptors (Lipinski definition) is 3. The van der Waals surface area contributed by atoms with Crippen molar-refractivity contribution in [2.24, 2.45) is 0 Å². The van der Waals surface area contributed by atoms with Crippen LogP contribution in [0.4, 0.5) is 0 Å². The van der Waals surface area contributed by atoms with Crippen molar-refractivity contribution in [2.75, 3.05) is 26.7 Å². The minimum absolute atomic E-state index is 0.00815. The van der Waals surface area contributed by atoms with E-state index in [1.807, 2.05) is 6.07 Å². The average Bonchev–Trinajstić information content (AvgIpc) is 2.05. The van der Waals surface area contributed by atoms with Crippen LogP contribution in [0.1, 0.15) is 19.8 Å². The van der Waals surface area contributed by atoms with E-state index in [2.05, 4.69) is 12.2 Å². The summed E-state index contributed by atoms with van der Waals surface area (Å²) in [5.74, 6) is -0.00815. The van der Waals surface area contributed by atoms with Gasteiger partial charge >= 0.3 is 0 Å². The first-order valence-electron chi connectivity index (χ1n) is 4.53. The number of nitriles is 1. The highest BCUT2D eigenvalue weighted by Crippen LogP contribution is 1.84. The number of amides is 1. The van der Waals surface area contributed by atoms with Crippen molar-refractivity contribution in [3.8, 4) is 6.07 Å². The van der Waals surface area contributed by atoms with Gasteiger partial charge < -0.3 is 5.32 Å². The van der Waals surface area contributed by atoms with E-state index in [-0.39, 0.29) is 5.91 Å². The normalized spacial score (nSPS) is 9.69. The first kappa shape index (κ1) is 11.9. The van der Waals surface area contributed by atoms with Gasteiger partial charge in [0.25, 0.3) is 0 Å². The number of hydrogen-bond donors (Lipinski definition) is 1. The first-order chi connectivity index (χ1) is 6.20. The molecule has 0 heterocycles. The molecule has 0 aliphatic carbocycles. The third kappa shape index (κ3) is 7.29. The van der Waals surface area contributed by atoms with Crippen LogP contribution >= 0.6 is 0 Å². The quantitative estimate of drug-likeness (QED) is 0.478. The van der Waals surface area contributed by atoms with Gasteiger partial charge in [-0.1, -0.05) is 13.3 Å². The zero-order chi connectivity index (χ0) is 10.1. The van der Waals surface area contributed by atoms with Gasteiger partial charge in [-0.25, -0.2) is 0 Å². The largest absolute Gasteiger partial charge is 0.355 e. The molecule has 0 unspecified atom stereocenters. The number of nitrogens with one attached hydrogen (secondary N) is 1. The maximum atomic E-state index is 11.1. The molecule has 0 radical (unpaired) electrons. The number of unbranched alkanes of at least 4 members (excludes halogenated alkanes) is 1. The van der Waals surface area contributed by atoms with Crippen LogP contribution in [0.3, 0.4) is 0 Å². The lowest BCUT2D eigenvalue weighted by molar-refractivity contribution is -0.121. The fraction of sp³-hybridized carbons (Fsp3) is 0.778. The van der Waals surface area contributed by atoms with E-state index in [0.29, 0.717) is 13.1 Å². The van der Waals surface area contributed by atoms with Crippen molar-refractivity contribution >= 4 is 5.91 Å². The van der Waals surface area contributed by atoms with E-state index in [9.17, 15) is 4.79 Å². The standard InChI is InChI=1S/C9H17N3O/c1-3-4-6-11-9(13)8-12(2)7-5-10/h3-4,6-8H2,1-2H3,(H,11,13). The van der Waals surface area contributed by atoms with Gasteiger partial charge in [-0.05, 0) is 13.5 Å². The van der Waals surface area contributed by atoms with Crippen LogP contribution in [0.15, 0.2) is 0 Å². The lowest BCUT2D eigenvalue weighted by Gasteiger charge is -2.11. The Balaban J connectivity index is 3.45. The predicted octanol–water partition coefficient (Wildman–Crippen LogP) is 0.358. The van der Waals surface area contributed by atoms with E-state index >= 15 is 0 Å². The molecule has 13 heavy (non-hydrogen) atoms. The maximum absolute atomic E-state index is 11.1. The minimum Gasteiger partial charge on any atom is -0.355 e. The molecule has 0 aromatic heterocycles. The molecule has 0 aromatic rings. The van der Waals surface area contributed by atoms with E-state index in [1.165, 1.54) is 0 Å². The molecule has 4 heteroatoms. The summed E-state index contributed by atoms with van der Waals surface area (Å²) in [6.45, 7) is 3.40. The lowest BCUT2D eigenvalue weighted by Crippen LogP contribution is -2.35. The average molecular weight is 183 g/mol. The Hall–Kier alpha value is -1.08. The number of likely N-dealkylation sites (N-methyl/N-ethyl adjacent to an activating group) is 1. The third-order valence-corrected chi connectivity index (χ3v) is 1.61. The molecule has 0 rings (SSSR count). The van der Waals surface area contributed by atoms with E-state index < -0.39 is 0 Å². The second kappa shape index (κ2) is 7.56. The fourth-order valence-electron chi connectivity index (χ4n) is 0.882. The molecule has 0 fully saturated rings. The summed E-state index contributed by atoms with van der Waals surface area (Å²) >= 11 is 0. The van der Waals surface area contributed by atoms with Gasteiger partial charge in [-0.15, -0.1) is 0 Å². The Morgan fingerprint density at radius 2 is 2.31 bits per heavy atom. The first-order valence-corrected chi connectivity index (χ1v) is 4.53. The van der Waals surface area contributed by atoms with Gasteiger partial charge in [-0.3, -0.25) is 9.69 Å². The summed E-state index contributed by atoms with van der Waals surface area (Å²) in [5.41, 5.74) is 0. The Bertz CT molecular complexity index is 186. The summed E-state index contributed by atoms with van der Waals surface area (Å²) in [5, 5.41) is 11.1. The molecule has 0 aliphatic heterocycles. The summed E-state index contributed by atoms with van der Waals surface area (Å²) in [6, 6.07) is 1.99. The van der Waals surface area contributed by atoms with Crippen molar-refractivity contribution in [2.45, 2.75) is 19.8 Å². The number of rotatable bonds is 6. The second-order valence-corrected chi connectivity index (χ2v) is 3.03. The summed E-state index contributed by atoms with van der Waals surface area (Å²) < 4.78 is 0. The molecule has 0 aliphatic rings. The molecule has 4 nitrogen and oxygen atoms in total. The number of carbonyl (C=O) groups excluding carboxylic acids is 1. The van der Waals surface area contributed by atoms with Crippen LogP contribution < -0.4 is 5.32 Å². The van der Waals surface area contributed by atoms with Crippen molar-refractivity contribution in [1.29, 1.82) is 5.26 Å². The van der Waals surface area contributed by atoms with Gasteiger partial charge in [0.1, 0.15) is 0 Å². The molecular weight excluding hydrogens is 166 g/mol. The van der Waals surface area contributed by atoms with Crippen LogP contribution in [0, 0.1) is 11.3 Å². The Morgan fingerprint density at radius 3 is 2.85 bits per heavy atom. The van der Waals surface area contributed by atoms with Gasteiger partial charge in [0, 0.05) is 6.54 Å². The van der Waals surface area contributed by atoms with Crippen molar-refractivity contribution in [3.63, 3.8) is 0 Å². The summed E-state index contributed by atoms with van der Waals surface area (Å²) in [7, 11) is 1.75. The zero-order valence-electron chi connectivity index (χ0n) is 8.34. The summed E-state index contributed by atoms with van der Waals surface area (Å²) in [6.07, 6.45) is 2.09. The SMILES string of the molecule is CCCCNC(=O)CN(C)CC#N. The van der Waals surface area contributed by atoms with E-state index in [1.54, 1.807) is 11.9 Å². The molecule has 0 saturated carbocycles. The van der Waals surface area contributed by atoms with Crippen LogP contribution in [-0.2, 0) is 4.79 Å². The van der Waals surface area contributed by atoms with Crippen LogP contribution in [-0.4, -0.2) is 37.5 Å². The van der Waals surface area contributed by atoms with Crippen LogP contribution in [0.25, 0.3) is 0 Å². The van der Waals surface area contributed by atoms with Gasteiger partial charge in [0.05, 0.1) is 19.2 Å². The van der Waals surface area contributed by atoms with Crippen LogP contribution in [0.2, 0.25) is 0 Å². The molecule has 0 aromatic carbocycles. The van der Waals surface area contributed by atoms with Gasteiger partial charge in [0.2, 0.25) is 5.91 Å². The molecule has 0 spiro atoms. The molecule has 0 atom stereocenters. The molecule has 1 amide bonds. The monoisotopic (exact) mass is 183 g/mol. The van der Waals surface area contributed by atoms with Crippen molar-refractivity contribution < 1.29 is 4.79 Å². The number of nitrogens with zero attached hydrogens (tertiary/aromatic N) is 2. The number of carbonyl (C=O) groups is 1. The Kier molecular flexibility index (Phi) is 6.93. The van der Waals surface area contributed by atoms with Crippen molar-refractivity contribution in [3.05, 3.63) is 0 Å². The third-order valence-electron chi connectivity index (χ3n) is 1.61. The maximum Gasteiger partial charge on any atom is 0.234 e. The highest BCUT2D eigenvalue weighted by atomic mass is 16.1. The Labute approximate surface area is 79.5 Å². The van der Waals surface area contributed by atoms with Gasteiger partial charge in [-0.2, -0.15) is 5.26 Å². The highest BCUT2D eigenvalue weighted by Gasteiger charge is 2.03. The molecular formula is C9H17N3O.